The Morgan fingerprint density at radius 3 is 2.52 bits per heavy atom. The van der Waals surface area contributed by atoms with Crippen molar-refractivity contribution in [2.24, 2.45) is 0 Å². The van der Waals surface area contributed by atoms with Crippen molar-refractivity contribution < 1.29 is 14.3 Å². The van der Waals surface area contributed by atoms with Crippen molar-refractivity contribution in [1.29, 1.82) is 0 Å². The van der Waals surface area contributed by atoms with Gasteiger partial charge < -0.3 is 20.2 Å². The first-order valence-corrected chi connectivity index (χ1v) is 7.72. The number of nitrogens with one attached hydrogen (secondary N) is 2. The van der Waals surface area contributed by atoms with Gasteiger partial charge in [0, 0.05) is 11.5 Å². The van der Waals surface area contributed by atoms with Crippen molar-refractivity contribution in [2.45, 2.75) is 38.3 Å². The van der Waals surface area contributed by atoms with Gasteiger partial charge in [0.05, 0.1) is 12.8 Å². The predicted octanol–water partition coefficient (Wildman–Crippen LogP) is 2.98. The minimum atomic E-state index is -0.854. The van der Waals surface area contributed by atoms with E-state index in [2.05, 4.69) is 36.6 Å². The molecule has 124 valence electrons. The summed E-state index contributed by atoms with van der Waals surface area (Å²) in [7, 11) is 0. The van der Waals surface area contributed by atoms with E-state index in [-0.39, 0.29) is 24.0 Å². The second kappa shape index (κ2) is 7.33. The number of aliphatic hydroxyl groups excluding tert-OH is 1. The van der Waals surface area contributed by atoms with Gasteiger partial charge in [-0.1, -0.05) is 44.2 Å². The molecule has 1 aromatic carbocycles. The van der Waals surface area contributed by atoms with Crippen LogP contribution in [0.25, 0.3) is 0 Å². The molecule has 0 aliphatic carbocycles. The Morgan fingerprint density at radius 2 is 1.91 bits per heavy atom. The fraction of sp³-hybridized carbons (Fsp3) is 0.389. The van der Waals surface area contributed by atoms with E-state index in [4.69, 9.17) is 4.42 Å². The smallest absolute Gasteiger partial charge is 0.315 e. The summed E-state index contributed by atoms with van der Waals surface area (Å²) < 4.78 is 5.10. The summed E-state index contributed by atoms with van der Waals surface area (Å²) in [4.78, 5) is 12.0. The number of aliphatic hydroxyl groups is 1. The van der Waals surface area contributed by atoms with Gasteiger partial charge >= 0.3 is 6.03 Å². The quantitative estimate of drug-likeness (QED) is 0.767. The molecular formula is C18H24N2O3. The monoisotopic (exact) mass is 316 g/mol. The van der Waals surface area contributed by atoms with Crippen molar-refractivity contribution in [2.75, 3.05) is 6.54 Å². The zero-order valence-corrected chi connectivity index (χ0v) is 13.7. The van der Waals surface area contributed by atoms with Crippen LogP contribution < -0.4 is 10.6 Å². The maximum Gasteiger partial charge on any atom is 0.315 e. The van der Waals surface area contributed by atoms with E-state index >= 15 is 0 Å². The average Bonchev–Trinajstić information content (AvgIpc) is 3.08. The zero-order valence-electron chi connectivity index (χ0n) is 13.7. The van der Waals surface area contributed by atoms with E-state index in [1.807, 2.05) is 25.1 Å². The Kier molecular flexibility index (Phi) is 5.45. The van der Waals surface area contributed by atoms with Crippen molar-refractivity contribution >= 4 is 6.03 Å². The number of hydrogen-bond acceptors (Lipinski definition) is 3. The lowest BCUT2D eigenvalue weighted by Crippen LogP contribution is -2.49. The Morgan fingerprint density at radius 1 is 1.22 bits per heavy atom. The van der Waals surface area contributed by atoms with Crippen LogP contribution in [-0.2, 0) is 5.41 Å². The summed E-state index contributed by atoms with van der Waals surface area (Å²) in [6.07, 6.45) is 0.636. The lowest BCUT2D eigenvalue weighted by molar-refractivity contribution is 0.147. The molecule has 0 saturated carbocycles. The molecule has 1 heterocycles. The number of carbonyl (C=O) groups excluding carboxylic acids is 1. The van der Waals surface area contributed by atoms with Crippen LogP contribution >= 0.6 is 0 Å². The third kappa shape index (κ3) is 4.36. The second-order valence-electron chi connectivity index (χ2n) is 6.19. The van der Waals surface area contributed by atoms with Crippen LogP contribution in [-0.4, -0.2) is 23.7 Å². The van der Waals surface area contributed by atoms with Crippen LogP contribution in [0.3, 0.4) is 0 Å². The molecule has 1 aromatic heterocycles. The fourth-order valence-corrected chi connectivity index (χ4v) is 2.32. The van der Waals surface area contributed by atoms with E-state index in [0.29, 0.717) is 5.76 Å². The molecule has 0 spiro atoms. The molecule has 2 aromatic rings. The molecule has 0 aliphatic heterocycles. The Hall–Kier alpha value is -2.27. The van der Waals surface area contributed by atoms with Gasteiger partial charge in [-0.15, -0.1) is 0 Å². The third-order valence-corrected chi connectivity index (χ3v) is 4.28. The van der Waals surface area contributed by atoms with Crippen LogP contribution in [0, 0.1) is 0 Å². The highest BCUT2D eigenvalue weighted by Gasteiger charge is 2.29. The van der Waals surface area contributed by atoms with Crippen molar-refractivity contribution in [3.8, 4) is 0 Å². The van der Waals surface area contributed by atoms with Crippen LogP contribution in [0.2, 0.25) is 0 Å². The van der Waals surface area contributed by atoms with E-state index in [1.165, 1.54) is 6.26 Å². The van der Waals surface area contributed by atoms with Crippen LogP contribution in [0.4, 0.5) is 4.79 Å². The van der Waals surface area contributed by atoms with Crippen molar-refractivity contribution in [3.63, 3.8) is 0 Å². The minimum Gasteiger partial charge on any atom is -0.467 e. The summed E-state index contributed by atoms with van der Waals surface area (Å²) >= 11 is 0. The van der Waals surface area contributed by atoms with E-state index in [0.717, 1.165) is 5.56 Å². The first-order chi connectivity index (χ1) is 10.9. The van der Waals surface area contributed by atoms with Gasteiger partial charge in [0.2, 0.25) is 0 Å². The number of urea groups is 1. The SMILES string of the molecule is CC(NC(=O)NCC(O)c1ccco1)C(C)(C)c1ccccc1. The van der Waals surface area contributed by atoms with E-state index in [9.17, 15) is 9.90 Å². The molecule has 2 amide bonds. The molecule has 5 nitrogen and oxygen atoms in total. The number of carbonyl (C=O) groups is 1. The number of amides is 2. The molecule has 0 aliphatic rings. The maximum atomic E-state index is 12.0. The van der Waals surface area contributed by atoms with Gasteiger partial charge in [0.1, 0.15) is 11.9 Å². The minimum absolute atomic E-state index is 0.0781. The highest BCUT2D eigenvalue weighted by atomic mass is 16.4. The van der Waals surface area contributed by atoms with Gasteiger partial charge in [0.15, 0.2) is 0 Å². The Balaban J connectivity index is 1.87. The zero-order chi connectivity index (χ0) is 16.9. The molecular weight excluding hydrogens is 292 g/mol. The van der Waals surface area contributed by atoms with Gasteiger partial charge in [0.25, 0.3) is 0 Å². The predicted molar refractivity (Wildman–Crippen MR) is 89.1 cm³/mol. The largest absolute Gasteiger partial charge is 0.467 e. The molecule has 5 heteroatoms. The van der Waals surface area contributed by atoms with Crippen molar-refractivity contribution in [1.82, 2.24) is 10.6 Å². The van der Waals surface area contributed by atoms with Gasteiger partial charge in [-0.25, -0.2) is 4.79 Å². The second-order valence-corrected chi connectivity index (χ2v) is 6.19. The molecule has 0 saturated heterocycles. The first-order valence-electron chi connectivity index (χ1n) is 7.72. The normalized spacial score (nSPS) is 14.1. The summed E-state index contributed by atoms with van der Waals surface area (Å²) in [5, 5.41) is 15.5. The van der Waals surface area contributed by atoms with Gasteiger partial charge in [-0.2, -0.15) is 0 Å². The maximum absolute atomic E-state index is 12.0. The fourth-order valence-electron chi connectivity index (χ4n) is 2.32. The van der Waals surface area contributed by atoms with Crippen LogP contribution in [0.1, 0.15) is 38.2 Å². The summed E-state index contributed by atoms with van der Waals surface area (Å²) in [6.45, 7) is 6.24. The summed E-state index contributed by atoms with van der Waals surface area (Å²) in [5.74, 6) is 0.433. The molecule has 2 rings (SSSR count). The lowest BCUT2D eigenvalue weighted by atomic mass is 9.78. The molecule has 23 heavy (non-hydrogen) atoms. The van der Waals surface area contributed by atoms with Gasteiger partial charge in [-0.05, 0) is 24.6 Å². The topological polar surface area (TPSA) is 74.5 Å². The number of benzene rings is 1. The Labute approximate surface area is 136 Å². The molecule has 0 bridgehead atoms. The standard InChI is InChI=1S/C18H24N2O3/c1-13(18(2,3)14-8-5-4-6-9-14)20-17(22)19-12-15(21)16-10-7-11-23-16/h4-11,13,15,21H,12H2,1-3H3,(H2,19,20,22). The highest BCUT2D eigenvalue weighted by molar-refractivity contribution is 5.74. The van der Waals surface area contributed by atoms with Crippen LogP contribution in [0.5, 0.6) is 0 Å². The summed E-state index contributed by atoms with van der Waals surface area (Å²) in [6, 6.07) is 13.0. The molecule has 3 N–H and O–H groups in total. The Bertz CT molecular complexity index is 608. The highest BCUT2D eigenvalue weighted by Crippen LogP contribution is 2.26. The van der Waals surface area contributed by atoms with E-state index in [1.54, 1.807) is 12.1 Å². The molecule has 0 fully saturated rings. The molecule has 0 radical (unpaired) electrons. The number of furan rings is 1. The molecule has 2 unspecified atom stereocenters. The molecule has 2 atom stereocenters. The number of rotatable bonds is 6. The van der Waals surface area contributed by atoms with Crippen molar-refractivity contribution in [3.05, 3.63) is 60.1 Å². The van der Waals surface area contributed by atoms with Gasteiger partial charge in [-0.3, -0.25) is 0 Å². The third-order valence-electron chi connectivity index (χ3n) is 4.28. The number of hydrogen-bond donors (Lipinski definition) is 3. The average molecular weight is 316 g/mol. The van der Waals surface area contributed by atoms with E-state index < -0.39 is 6.10 Å². The first kappa shape index (κ1) is 17.1. The summed E-state index contributed by atoms with van der Waals surface area (Å²) in [5.41, 5.74) is 0.946. The lowest BCUT2D eigenvalue weighted by Gasteiger charge is -2.33. The van der Waals surface area contributed by atoms with Crippen LogP contribution in [0.15, 0.2) is 53.1 Å².